The van der Waals surface area contributed by atoms with Crippen molar-refractivity contribution in [3.8, 4) is 0 Å². The molecule has 0 aromatic rings. The largest absolute Gasteiger partial charge is 0.472 e. The molecule has 8 unspecified atom stereocenters. The number of carbonyl (C=O) groups excluding carboxylic acids is 1. The van der Waals surface area contributed by atoms with Crippen LogP contribution in [0.2, 0.25) is 0 Å². The van der Waals surface area contributed by atoms with Gasteiger partial charge in [-0.05, 0) is 38.5 Å². The van der Waals surface area contributed by atoms with Crippen molar-refractivity contribution < 1.29 is 59.0 Å². The Kier molecular flexibility index (Phi) is 27.7. The Morgan fingerprint density at radius 2 is 1.08 bits per heavy atom. The van der Waals surface area contributed by atoms with Crippen LogP contribution in [0.15, 0.2) is 12.2 Å². The molecule has 9 N–H and O–H groups in total. The zero-order valence-electron chi connectivity index (χ0n) is 32.0. The number of unbranched alkanes of at least 4 members (excludes halogenated alkanes) is 17. The Hall–Kier alpha value is -0.960. The average Bonchev–Trinajstić information content (AvgIpc) is 3.11. The molecule has 14 heteroatoms. The van der Waals surface area contributed by atoms with E-state index in [9.17, 15) is 50.0 Å². The van der Waals surface area contributed by atoms with Crippen LogP contribution < -0.4 is 5.32 Å². The van der Waals surface area contributed by atoms with E-state index in [1.807, 2.05) is 0 Å². The summed E-state index contributed by atoms with van der Waals surface area (Å²) in [6.45, 7) is 3.70. The first kappa shape index (κ1) is 49.1. The Morgan fingerprint density at radius 1 is 0.654 bits per heavy atom. The third-order valence-electron chi connectivity index (χ3n) is 9.88. The van der Waals surface area contributed by atoms with Crippen molar-refractivity contribution in [2.45, 2.75) is 216 Å². The van der Waals surface area contributed by atoms with Crippen LogP contribution in [0.25, 0.3) is 0 Å². The number of aliphatic hydroxyl groups excluding tert-OH is 7. The number of allylic oxidation sites excluding steroid dienone is 2. The second-order valence-electron chi connectivity index (χ2n) is 14.7. The van der Waals surface area contributed by atoms with E-state index in [4.69, 9.17) is 9.05 Å². The second kappa shape index (κ2) is 29.3. The molecule has 0 aliphatic heterocycles. The maximum absolute atomic E-state index is 12.9. The first-order valence-electron chi connectivity index (χ1n) is 20.2. The molecule has 0 spiro atoms. The summed E-state index contributed by atoms with van der Waals surface area (Å²) in [7, 11) is -5.10. The Bertz CT molecular complexity index is 958. The quantitative estimate of drug-likeness (QED) is 0.0248. The van der Waals surface area contributed by atoms with E-state index in [1.54, 1.807) is 0 Å². The fourth-order valence-corrected chi connectivity index (χ4v) is 7.44. The van der Waals surface area contributed by atoms with E-state index in [0.717, 1.165) is 70.6 Å². The molecule has 1 rings (SSSR count). The summed E-state index contributed by atoms with van der Waals surface area (Å²) >= 11 is 0. The summed E-state index contributed by atoms with van der Waals surface area (Å²) in [5.41, 5.74) is 0. The standard InChI is InChI=1S/C38H74NO12P/c1-3-5-7-9-11-13-14-15-16-18-19-21-23-25-29(40)27-32(42)39-30(31(41)26-24-22-20-17-12-10-8-6-4-2)28-50-52(48,49)51-38-36(46)34(44)33(43)35(45)37(38)47/h13-14,29-31,33-38,40-41,43-47H,3-12,15-28H2,1-2H3,(H,39,42)(H,48,49)/b14-13-. The van der Waals surface area contributed by atoms with Gasteiger partial charge in [-0.15, -0.1) is 0 Å². The molecule has 1 aliphatic rings. The monoisotopic (exact) mass is 767 g/mol. The van der Waals surface area contributed by atoms with Gasteiger partial charge in [0, 0.05) is 0 Å². The smallest absolute Gasteiger partial charge is 0.393 e. The molecule has 0 aromatic carbocycles. The minimum atomic E-state index is -5.10. The fraction of sp³-hybridized carbons (Fsp3) is 0.921. The molecule has 0 aromatic heterocycles. The lowest BCUT2D eigenvalue weighted by atomic mass is 9.85. The molecule has 0 heterocycles. The first-order chi connectivity index (χ1) is 24.8. The topological polar surface area (TPSA) is 226 Å². The van der Waals surface area contributed by atoms with Gasteiger partial charge in [0.25, 0.3) is 0 Å². The minimum absolute atomic E-state index is 0.226. The highest BCUT2D eigenvalue weighted by Crippen LogP contribution is 2.47. The van der Waals surface area contributed by atoms with Gasteiger partial charge >= 0.3 is 7.82 Å². The summed E-state index contributed by atoms with van der Waals surface area (Å²) in [6, 6.07) is -1.15. The van der Waals surface area contributed by atoms with Crippen molar-refractivity contribution in [1.82, 2.24) is 5.32 Å². The Balaban J connectivity index is 2.59. The van der Waals surface area contributed by atoms with E-state index in [1.165, 1.54) is 51.4 Å². The first-order valence-corrected chi connectivity index (χ1v) is 21.7. The van der Waals surface area contributed by atoms with Crippen LogP contribution in [0.3, 0.4) is 0 Å². The van der Waals surface area contributed by atoms with E-state index < -0.39 is 75.2 Å². The minimum Gasteiger partial charge on any atom is -0.393 e. The lowest BCUT2D eigenvalue weighted by Gasteiger charge is -2.41. The summed E-state index contributed by atoms with van der Waals surface area (Å²) in [6.07, 6.45) is 12.9. The second-order valence-corrected chi connectivity index (χ2v) is 16.1. The van der Waals surface area contributed by atoms with Gasteiger partial charge in [-0.25, -0.2) is 4.57 Å². The van der Waals surface area contributed by atoms with Crippen molar-refractivity contribution in [3.63, 3.8) is 0 Å². The van der Waals surface area contributed by atoms with Gasteiger partial charge in [-0.3, -0.25) is 13.8 Å². The molecule has 1 fully saturated rings. The Labute approximate surface area is 312 Å². The molecule has 52 heavy (non-hydrogen) atoms. The number of carbonyl (C=O) groups is 1. The number of phosphoric acid groups is 1. The van der Waals surface area contributed by atoms with Gasteiger partial charge in [0.05, 0.1) is 31.3 Å². The maximum atomic E-state index is 12.9. The van der Waals surface area contributed by atoms with Gasteiger partial charge in [0.1, 0.15) is 36.6 Å². The van der Waals surface area contributed by atoms with Crippen LogP contribution in [0.4, 0.5) is 0 Å². The van der Waals surface area contributed by atoms with Crippen molar-refractivity contribution in [2.75, 3.05) is 6.61 Å². The van der Waals surface area contributed by atoms with Gasteiger partial charge in [-0.1, -0.05) is 129 Å². The number of aliphatic hydroxyl groups is 7. The van der Waals surface area contributed by atoms with Crippen molar-refractivity contribution in [1.29, 1.82) is 0 Å². The number of hydrogen-bond donors (Lipinski definition) is 9. The number of nitrogens with one attached hydrogen (secondary N) is 1. The van der Waals surface area contributed by atoms with Crippen LogP contribution >= 0.6 is 7.82 Å². The summed E-state index contributed by atoms with van der Waals surface area (Å²) in [5.74, 6) is -0.569. The molecule has 1 aliphatic carbocycles. The van der Waals surface area contributed by atoms with Crippen molar-refractivity contribution in [3.05, 3.63) is 12.2 Å². The summed E-state index contributed by atoms with van der Waals surface area (Å²) in [4.78, 5) is 23.3. The molecule has 0 saturated heterocycles. The molecule has 0 radical (unpaired) electrons. The third kappa shape index (κ3) is 21.8. The van der Waals surface area contributed by atoms with E-state index in [0.29, 0.717) is 12.8 Å². The maximum Gasteiger partial charge on any atom is 0.472 e. The van der Waals surface area contributed by atoms with Gasteiger partial charge in [-0.2, -0.15) is 0 Å². The van der Waals surface area contributed by atoms with E-state index in [2.05, 4.69) is 31.3 Å². The zero-order chi connectivity index (χ0) is 38.8. The summed E-state index contributed by atoms with van der Waals surface area (Å²) in [5, 5.41) is 74.1. The number of hydrogen-bond acceptors (Lipinski definition) is 11. The molecular weight excluding hydrogens is 693 g/mol. The summed E-state index contributed by atoms with van der Waals surface area (Å²) < 4.78 is 22.8. The molecule has 1 amide bonds. The highest BCUT2D eigenvalue weighted by molar-refractivity contribution is 7.47. The molecule has 13 nitrogen and oxygen atoms in total. The normalized spacial score (nSPS) is 25.2. The third-order valence-corrected chi connectivity index (χ3v) is 10.9. The van der Waals surface area contributed by atoms with Crippen LogP contribution in [0.5, 0.6) is 0 Å². The molecule has 0 bridgehead atoms. The predicted octanol–water partition coefficient (Wildman–Crippen LogP) is 5.08. The van der Waals surface area contributed by atoms with Crippen molar-refractivity contribution >= 4 is 13.7 Å². The number of amides is 1. The zero-order valence-corrected chi connectivity index (χ0v) is 32.9. The van der Waals surface area contributed by atoms with Gasteiger partial charge < -0.3 is 46.0 Å². The van der Waals surface area contributed by atoms with E-state index in [-0.39, 0.29) is 12.8 Å². The fourth-order valence-electron chi connectivity index (χ4n) is 6.47. The molecule has 8 atom stereocenters. The van der Waals surface area contributed by atoms with Gasteiger partial charge in [0.2, 0.25) is 5.91 Å². The van der Waals surface area contributed by atoms with Crippen LogP contribution in [-0.2, 0) is 18.4 Å². The number of rotatable bonds is 32. The average molecular weight is 768 g/mol. The van der Waals surface area contributed by atoms with Crippen LogP contribution in [-0.4, -0.2) is 108 Å². The van der Waals surface area contributed by atoms with Gasteiger partial charge in [0.15, 0.2) is 0 Å². The lowest BCUT2D eigenvalue weighted by molar-refractivity contribution is -0.220. The predicted molar refractivity (Wildman–Crippen MR) is 201 cm³/mol. The van der Waals surface area contributed by atoms with Crippen molar-refractivity contribution in [2.24, 2.45) is 0 Å². The van der Waals surface area contributed by atoms with Crippen LogP contribution in [0, 0.1) is 0 Å². The molecule has 1 saturated carbocycles. The molecular formula is C38H74NO12P. The van der Waals surface area contributed by atoms with Crippen LogP contribution in [0.1, 0.15) is 162 Å². The highest BCUT2D eigenvalue weighted by atomic mass is 31.2. The number of phosphoric ester groups is 1. The lowest BCUT2D eigenvalue weighted by Crippen LogP contribution is -2.64. The SMILES string of the molecule is CCCCCC/C=C\CCCCCCCC(O)CC(=O)NC(COP(=O)(O)OC1C(O)C(O)C(O)C(O)C1O)C(O)CCCCCCCCCCC. The Morgan fingerprint density at radius 3 is 1.60 bits per heavy atom. The highest BCUT2D eigenvalue weighted by Gasteiger charge is 2.51. The van der Waals surface area contributed by atoms with E-state index >= 15 is 0 Å². The molecule has 308 valence electrons.